The molecule has 0 unspecified atom stereocenters. The Morgan fingerprint density at radius 2 is 1.94 bits per heavy atom. The number of carbonyl (C=O) groups is 4. The van der Waals surface area contributed by atoms with E-state index >= 15 is 0 Å². The third kappa shape index (κ3) is 6.11. The molecule has 178 valence electrons. The number of halogens is 1. The molecule has 0 saturated carbocycles. The van der Waals surface area contributed by atoms with Crippen LogP contribution in [0.1, 0.15) is 53.9 Å². The Balaban J connectivity index is 2.52. The molecule has 2 rings (SSSR count). The van der Waals surface area contributed by atoms with Crippen LogP contribution in [0.3, 0.4) is 0 Å². The number of amides is 1. The maximum atomic E-state index is 13.2. The molecule has 2 N–H and O–H groups in total. The van der Waals surface area contributed by atoms with E-state index in [-0.39, 0.29) is 22.6 Å². The number of ketones is 2. The van der Waals surface area contributed by atoms with Gasteiger partial charge in [0.25, 0.3) is 0 Å². The van der Waals surface area contributed by atoms with Gasteiger partial charge >= 0.3 is 5.97 Å². The normalized spacial score (nSPS) is 22.2. The molecule has 1 aliphatic heterocycles. The summed E-state index contributed by atoms with van der Waals surface area (Å²) in [5, 5.41) is -0.167. The van der Waals surface area contributed by atoms with Gasteiger partial charge in [-0.3, -0.25) is 19.2 Å². The molecular weight excluding hydrogens is 444 g/mol. The van der Waals surface area contributed by atoms with E-state index in [4.69, 9.17) is 22.1 Å². The third-order valence-corrected chi connectivity index (χ3v) is 6.00. The monoisotopic (exact) mass is 474 g/mol. The van der Waals surface area contributed by atoms with Crippen LogP contribution in [0.15, 0.2) is 58.0 Å². The van der Waals surface area contributed by atoms with Gasteiger partial charge in [0.2, 0.25) is 23.1 Å². The molecule has 0 spiro atoms. The molecule has 0 bridgehead atoms. The smallest absolute Gasteiger partial charge is 0.304 e. The summed E-state index contributed by atoms with van der Waals surface area (Å²) in [5.41, 5.74) is 5.47. The zero-order valence-corrected chi connectivity index (χ0v) is 20.5. The second-order valence-electron chi connectivity index (χ2n) is 8.52. The fourth-order valence-corrected chi connectivity index (χ4v) is 3.98. The van der Waals surface area contributed by atoms with Crippen LogP contribution in [0.5, 0.6) is 0 Å². The lowest BCUT2D eigenvalue weighted by Crippen LogP contribution is -2.52. The van der Waals surface area contributed by atoms with Crippen molar-refractivity contribution in [2.75, 3.05) is 6.54 Å². The van der Waals surface area contributed by atoms with Crippen molar-refractivity contribution in [3.05, 3.63) is 58.0 Å². The van der Waals surface area contributed by atoms with Gasteiger partial charge in [-0.15, -0.1) is 0 Å². The minimum atomic E-state index is -2.02. The summed E-state index contributed by atoms with van der Waals surface area (Å²) in [5.74, 6) is -2.15. The highest BCUT2D eigenvalue weighted by Gasteiger charge is 2.52. The fraction of sp³-hybridized carbons (Fsp3) is 0.440. The number of nitrogens with zero attached hydrogens (tertiary/aromatic N) is 1. The van der Waals surface area contributed by atoms with Crippen LogP contribution in [0.25, 0.3) is 0 Å². The molecule has 0 fully saturated rings. The molecule has 0 aromatic heterocycles. The number of hydrogen-bond donors (Lipinski definition) is 1. The highest BCUT2D eigenvalue weighted by molar-refractivity contribution is 6.49. The molecule has 0 radical (unpaired) electrons. The van der Waals surface area contributed by atoms with E-state index in [9.17, 15) is 19.2 Å². The van der Waals surface area contributed by atoms with Crippen molar-refractivity contribution in [3.8, 4) is 0 Å². The van der Waals surface area contributed by atoms with Crippen molar-refractivity contribution in [1.29, 1.82) is 0 Å². The van der Waals surface area contributed by atoms with E-state index in [1.807, 2.05) is 19.1 Å². The van der Waals surface area contributed by atoms with Gasteiger partial charge in [0, 0.05) is 42.9 Å². The molecule has 1 aliphatic carbocycles. The molecule has 0 aromatic carbocycles. The molecule has 0 aromatic rings. The number of Topliss-reactive ketones (excluding diaryl/α,β-unsaturated/α-hetero) is 2. The lowest BCUT2D eigenvalue weighted by Gasteiger charge is -2.35. The average molecular weight is 475 g/mol. The molecule has 2 atom stereocenters. The van der Waals surface area contributed by atoms with Crippen molar-refractivity contribution >= 4 is 35.0 Å². The van der Waals surface area contributed by atoms with Gasteiger partial charge in [0.05, 0.1) is 5.03 Å². The van der Waals surface area contributed by atoms with E-state index in [1.165, 1.54) is 6.92 Å². The number of hydrogen-bond acceptors (Lipinski definition) is 6. The summed E-state index contributed by atoms with van der Waals surface area (Å²) >= 11 is 6.37. The van der Waals surface area contributed by atoms with Crippen LogP contribution < -0.4 is 5.73 Å². The third-order valence-electron chi connectivity index (χ3n) is 5.62. The zero-order valence-electron chi connectivity index (χ0n) is 19.7. The standard InChI is InChI=1S/C25H31ClN2O5/c1-6-15(2)12-16(3)9-10-18-13-19-20(14-28(18)11-7-8-21(27)30)23(31)25(5,33-17(4)29)24(32)22(19)26/h9-10,12-15H,6-8,11H2,1-5H3,(H2,27,30)/t15-,25-/m0/s1. The Kier molecular flexibility index (Phi) is 8.61. The Bertz CT molecular complexity index is 1020. The lowest BCUT2D eigenvalue weighted by atomic mass is 9.79. The maximum absolute atomic E-state index is 13.2. The van der Waals surface area contributed by atoms with Gasteiger partial charge < -0.3 is 15.4 Å². The number of esters is 1. The van der Waals surface area contributed by atoms with E-state index < -0.39 is 29.0 Å². The van der Waals surface area contributed by atoms with Gasteiger partial charge in [-0.1, -0.05) is 49.6 Å². The Morgan fingerprint density at radius 1 is 1.27 bits per heavy atom. The SMILES string of the molecule is CC[C@H](C)C=C(C)C=CC1=CC2=C(Cl)C(=O)[C@@](C)(OC(C)=O)C(=O)C2=CN1CCCC(N)=O. The van der Waals surface area contributed by atoms with Gasteiger partial charge in [-0.2, -0.15) is 0 Å². The van der Waals surface area contributed by atoms with Crippen molar-refractivity contribution in [3.63, 3.8) is 0 Å². The highest BCUT2D eigenvalue weighted by Crippen LogP contribution is 2.39. The summed E-state index contributed by atoms with van der Waals surface area (Å²) in [7, 11) is 0. The molecule has 2 aliphatic rings. The average Bonchev–Trinajstić information content (AvgIpc) is 2.74. The number of primary amides is 1. The van der Waals surface area contributed by atoms with E-state index in [2.05, 4.69) is 19.9 Å². The Hall–Kier alpha value is -2.93. The second-order valence-corrected chi connectivity index (χ2v) is 8.90. The molecule has 0 saturated heterocycles. The zero-order chi connectivity index (χ0) is 24.9. The van der Waals surface area contributed by atoms with Crippen molar-refractivity contribution in [1.82, 2.24) is 4.90 Å². The number of allylic oxidation sites excluding steroid dienone is 6. The summed E-state index contributed by atoms with van der Waals surface area (Å²) < 4.78 is 5.10. The van der Waals surface area contributed by atoms with Crippen molar-refractivity contribution in [2.45, 2.75) is 59.5 Å². The van der Waals surface area contributed by atoms with Crippen LogP contribution in [0.4, 0.5) is 0 Å². The lowest BCUT2D eigenvalue weighted by molar-refractivity contribution is -0.167. The Labute approximate surface area is 199 Å². The molecule has 7 nitrogen and oxygen atoms in total. The number of fused-ring (bicyclic) bond motifs is 1. The topological polar surface area (TPSA) is 107 Å². The highest BCUT2D eigenvalue weighted by atomic mass is 35.5. The first-order valence-corrected chi connectivity index (χ1v) is 11.3. The fourth-order valence-electron chi connectivity index (χ4n) is 3.64. The van der Waals surface area contributed by atoms with Crippen LogP contribution >= 0.6 is 11.6 Å². The van der Waals surface area contributed by atoms with E-state index in [0.29, 0.717) is 24.6 Å². The van der Waals surface area contributed by atoms with Crippen molar-refractivity contribution in [2.24, 2.45) is 11.7 Å². The van der Waals surface area contributed by atoms with Gasteiger partial charge in [-0.05, 0) is 38.3 Å². The van der Waals surface area contributed by atoms with Gasteiger partial charge in [0.15, 0.2) is 0 Å². The first-order valence-electron chi connectivity index (χ1n) is 10.9. The number of ether oxygens (including phenoxy) is 1. The van der Waals surface area contributed by atoms with Gasteiger partial charge in [0.1, 0.15) is 0 Å². The Morgan fingerprint density at radius 3 is 2.52 bits per heavy atom. The molecular formula is C25H31ClN2O5. The van der Waals surface area contributed by atoms with Crippen molar-refractivity contribution < 1.29 is 23.9 Å². The molecule has 8 heteroatoms. The van der Waals surface area contributed by atoms with Crippen LogP contribution in [0.2, 0.25) is 0 Å². The minimum Gasteiger partial charge on any atom is -0.443 e. The summed E-state index contributed by atoms with van der Waals surface area (Å²) in [6, 6.07) is 0. The van der Waals surface area contributed by atoms with Gasteiger partial charge in [-0.25, -0.2) is 0 Å². The number of carbonyl (C=O) groups excluding carboxylic acids is 4. The van der Waals surface area contributed by atoms with E-state index in [0.717, 1.165) is 18.9 Å². The molecule has 1 amide bonds. The van der Waals surface area contributed by atoms with E-state index in [1.54, 1.807) is 17.2 Å². The molecule has 1 heterocycles. The predicted molar refractivity (Wildman–Crippen MR) is 127 cm³/mol. The summed E-state index contributed by atoms with van der Waals surface area (Å²) in [4.78, 5) is 50.6. The van der Waals surface area contributed by atoms with Crippen LogP contribution in [-0.2, 0) is 23.9 Å². The second kappa shape index (κ2) is 10.8. The quantitative estimate of drug-likeness (QED) is 0.309. The predicted octanol–water partition coefficient (Wildman–Crippen LogP) is 3.85. The maximum Gasteiger partial charge on any atom is 0.304 e. The minimum absolute atomic E-state index is 0.167. The summed E-state index contributed by atoms with van der Waals surface area (Å²) in [6.45, 7) is 9.03. The molecule has 33 heavy (non-hydrogen) atoms. The summed E-state index contributed by atoms with van der Waals surface area (Å²) in [6.07, 6.45) is 10.9. The van der Waals surface area contributed by atoms with Crippen LogP contribution in [0, 0.1) is 5.92 Å². The first-order chi connectivity index (χ1) is 15.4. The largest absolute Gasteiger partial charge is 0.443 e. The number of nitrogens with two attached hydrogens (primary N) is 1. The van der Waals surface area contributed by atoms with Crippen LogP contribution in [-0.4, -0.2) is 40.5 Å². The number of rotatable bonds is 9. The first kappa shape index (κ1) is 26.3.